The number of likely N-dealkylation sites (tertiary alicyclic amines) is 1. The second-order valence-electron chi connectivity index (χ2n) is 7.12. The number of benzene rings is 1. The first-order valence-electron chi connectivity index (χ1n) is 9.03. The number of hydrogen-bond acceptors (Lipinski definition) is 5. The lowest BCUT2D eigenvalue weighted by Crippen LogP contribution is -2.62. The fraction of sp³-hybridized carbons (Fsp3) is 0.632. The molecule has 1 heterocycles. The molecule has 2 atom stereocenters. The average molecular weight is 348 g/mol. The predicted octanol–water partition coefficient (Wildman–Crippen LogP) is 0.771. The van der Waals surface area contributed by atoms with Crippen molar-refractivity contribution in [1.82, 2.24) is 10.2 Å². The maximum atomic E-state index is 11.6. The Hall–Kier alpha value is -1.47. The monoisotopic (exact) mass is 348 g/mol. The van der Waals surface area contributed by atoms with Gasteiger partial charge in [-0.2, -0.15) is 0 Å². The Labute approximate surface area is 148 Å². The molecule has 138 valence electrons. The van der Waals surface area contributed by atoms with Crippen LogP contribution in [0.4, 0.5) is 0 Å². The van der Waals surface area contributed by atoms with Crippen LogP contribution in [-0.2, 0) is 11.3 Å². The molecule has 1 spiro atoms. The summed E-state index contributed by atoms with van der Waals surface area (Å²) >= 11 is 0. The van der Waals surface area contributed by atoms with Gasteiger partial charge in [-0.1, -0.05) is 12.1 Å². The van der Waals surface area contributed by atoms with Gasteiger partial charge in [-0.3, -0.25) is 9.69 Å². The SMILES string of the molecule is CNC(=O)c1ccc(CN2CCC3(CC2)[C@H](O)C[C@@H]3OCCO)cc1. The van der Waals surface area contributed by atoms with Crippen LogP contribution in [0.2, 0.25) is 0 Å². The molecule has 1 aromatic rings. The third kappa shape index (κ3) is 3.72. The number of piperidine rings is 1. The highest BCUT2D eigenvalue weighted by molar-refractivity contribution is 5.93. The molecule has 1 saturated carbocycles. The van der Waals surface area contributed by atoms with E-state index in [2.05, 4.69) is 10.2 Å². The van der Waals surface area contributed by atoms with Crippen molar-refractivity contribution in [2.75, 3.05) is 33.4 Å². The van der Waals surface area contributed by atoms with Crippen LogP contribution >= 0.6 is 0 Å². The van der Waals surface area contributed by atoms with Gasteiger partial charge in [-0.05, 0) is 43.6 Å². The molecule has 1 amide bonds. The maximum absolute atomic E-state index is 11.6. The fourth-order valence-electron chi connectivity index (χ4n) is 4.10. The Bertz CT molecular complexity index is 582. The highest BCUT2D eigenvalue weighted by Crippen LogP contribution is 2.51. The molecular formula is C19H28N2O4. The smallest absolute Gasteiger partial charge is 0.251 e. The molecule has 0 bridgehead atoms. The molecule has 0 radical (unpaired) electrons. The van der Waals surface area contributed by atoms with Crippen molar-refractivity contribution in [2.24, 2.45) is 5.41 Å². The van der Waals surface area contributed by atoms with E-state index < -0.39 is 0 Å². The quantitative estimate of drug-likeness (QED) is 0.707. The average Bonchev–Trinajstić information content (AvgIpc) is 2.65. The second kappa shape index (κ2) is 7.83. The summed E-state index contributed by atoms with van der Waals surface area (Å²) < 4.78 is 5.72. The Morgan fingerprint density at radius 2 is 2.00 bits per heavy atom. The van der Waals surface area contributed by atoms with Crippen molar-refractivity contribution in [3.05, 3.63) is 35.4 Å². The zero-order valence-electron chi connectivity index (χ0n) is 14.8. The van der Waals surface area contributed by atoms with Crippen LogP contribution in [0.5, 0.6) is 0 Å². The van der Waals surface area contributed by atoms with Gasteiger partial charge >= 0.3 is 0 Å². The summed E-state index contributed by atoms with van der Waals surface area (Å²) in [5.74, 6) is -0.0700. The minimum absolute atomic E-state index is 0.0286. The zero-order valence-corrected chi connectivity index (χ0v) is 14.8. The van der Waals surface area contributed by atoms with E-state index in [0.29, 0.717) is 18.6 Å². The number of carbonyl (C=O) groups is 1. The lowest BCUT2D eigenvalue weighted by atomic mass is 9.58. The lowest BCUT2D eigenvalue weighted by Gasteiger charge is -2.56. The van der Waals surface area contributed by atoms with Crippen LogP contribution in [0.3, 0.4) is 0 Å². The Morgan fingerprint density at radius 3 is 2.56 bits per heavy atom. The number of amides is 1. The van der Waals surface area contributed by atoms with Gasteiger partial charge in [0.25, 0.3) is 5.91 Å². The largest absolute Gasteiger partial charge is 0.394 e. The van der Waals surface area contributed by atoms with E-state index >= 15 is 0 Å². The first-order chi connectivity index (χ1) is 12.1. The fourth-order valence-corrected chi connectivity index (χ4v) is 4.10. The molecule has 0 unspecified atom stereocenters. The first kappa shape index (κ1) is 18.3. The van der Waals surface area contributed by atoms with Gasteiger partial charge < -0.3 is 20.3 Å². The summed E-state index contributed by atoms with van der Waals surface area (Å²) in [7, 11) is 1.63. The summed E-state index contributed by atoms with van der Waals surface area (Å²) in [5, 5.41) is 21.8. The number of aliphatic hydroxyl groups is 2. The lowest BCUT2D eigenvalue weighted by molar-refractivity contribution is -0.213. The Balaban J connectivity index is 1.53. The maximum Gasteiger partial charge on any atom is 0.251 e. The van der Waals surface area contributed by atoms with E-state index in [1.54, 1.807) is 7.05 Å². The molecule has 2 aliphatic rings. The normalized spacial score (nSPS) is 25.6. The molecule has 1 aliphatic heterocycles. The zero-order chi connectivity index (χ0) is 17.9. The van der Waals surface area contributed by atoms with Crippen molar-refractivity contribution in [1.29, 1.82) is 0 Å². The molecule has 6 nitrogen and oxygen atoms in total. The second-order valence-corrected chi connectivity index (χ2v) is 7.12. The van der Waals surface area contributed by atoms with Crippen molar-refractivity contribution in [3.63, 3.8) is 0 Å². The summed E-state index contributed by atoms with van der Waals surface area (Å²) in [6.45, 7) is 3.07. The summed E-state index contributed by atoms with van der Waals surface area (Å²) in [6.07, 6.45) is 2.30. The van der Waals surface area contributed by atoms with Gasteiger partial charge in [-0.15, -0.1) is 0 Å². The highest BCUT2D eigenvalue weighted by atomic mass is 16.5. The molecule has 25 heavy (non-hydrogen) atoms. The van der Waals surface area contributed by atoms with Crippen molar-refractivity contribution in [3.8, 4) is 0 Å². The number of aliphatic hydroxyl groups excluding tert-OH is 2. The van der Waals surface area contributed by atoms with E-state index in [9.17, 15) is 9.90 Å². The van der Waals surface area contributed by atoms with Crippen LogP contribution in [0, 0.1) is 5.41 Å². The van der Waals surface area contributed by atoms with Crippen LogP contribution in [0.1, 0.15) is 35.2 Å². The summed E-state index contributed by atoms with van der Waals surface area (Å²) in [4.78, 5) is 14.0. The van der Waals surface area contributed by atoms with Crippen LogP contribution in [-0.4, -0.2) is 66.6 Å². The van der Waals surface area contributed by atoms with Crippen molar-refractivity contribution >= 4 is 5.91 Å². The Kier molecular flexibility index (Phi) is 5.74. The van der Waals surface area contributed by atoms with Crippen LogP contribution < -0.4 is 5.32 Å². The van der Waals surface area contributed by atoms with E-state index in [0.717, 1.165) is 32.5 Å². The number of rotatable bonds is 6. The summed E-state index contributed by atoms with van der Waals surface area (Å²) in [5.41, 5.74) is 1.73. The molecule has 3 rings (SSSR count). The highest BCUT2D eigenvalue weighted by Gasteiger charge is 2.55. The molecule has 1 saturated heterocycles. The van der Waals surface area contributed by atoms with E-state index in [1.807, 2.05) is 24.3 Å². The third-order valence-electron chi connectivity index (χ3n) is 5.79. The molecule has 3 N–H and O–H groups in total. The summed E-state index contributed by atoms with van der Waals surface area (Å²) in [6, 6.07) is 7.71. The van der Waals surface area contributed by atoms with Crippen molar-refractivity contribution in [2.45, 2.75) is 38.0 Å². The molecule has 6 heteroatoms. The Morgan fingerprint density at radius 1 is 1.32 bits per heavy atom. The van der Waals surface area contributed by atoms with E-state index in [-0.39, 0.29) is 30.1 Å². The number of hydrogen-bond donors (Lipinski definition) is 3. The number of nitrogens with zero attached hydrogens (tertiary/aromatic N) is 1. The number of nitrogens with one attached hydrogen (secondary N) is 1. The van der Waals surface area contributed by atoms with Crippen molar-refractivity contribution < 1.29 is 19.7 Å². The van der Waals surface area contributed by atoms with E-state index in [4.69, 9.17) is 9.84 Å². The van der Waals surface area contributed by atoms with Gasteiger partial charge in [0.15, 0.2) is 0 Å². The third-order valence-corrected chi connectivity index (χ3v) is 5.79. The molecule has 1 aliphatic carbocycles. The van der Waals surface area contributed by atoms with Gasteiger partial charge in [0.05, 0.1) is 25.4 Å². The number of carbonyl (C=O) groups excluding carboxylic acids is 1. The van der Waals surface area contributed by atoms with Gasteiger partial charge in [-0.25, -0.2) is 0 Å². The van der Waals surface area contributed by atoms with Crippen LogP contribution in [0.15, 0.2) is 24.3 Å². The minimum Gasteiger partial charge on any atom is -0.394 e. The van der Waals surface area contributed by atoms with Gasteiger partial charge in [0.1, 0.15) is 0 Å². The molecule has 2 fully saturated rings. The van der Waals surface area contributed by atoms with E-state index in [1.165, 1.54) is 5.56 Å². The minimum atomic E-state index is -0.287. The molecule has 0 aromatic heterocycles. The predicted molar refractivity (Wildman–Crippen MR) is 94.2 cm³/mol. The van der Waals surface area contributed by atoms with Gasteiger partial charge in [0.2, 0.25) is 0 Å². The van der Waals surface area contributed by atoms with Crippen LogP contribution in [0.25, 0.3) is 0 Å². The van der Waals surface area contributed by atoms with Gasteiger partial charge in [0, 0.05) is 31.0 Å². The topological polar surface area (TPSA) is 82.0 Å². The standard InChI is InChI=1S/C19H28N2O4/c1-20-18(24)15-4-2-14(3-5-15)13-21-8-6-19(7-9-21)16(23)12-17(19)25-11-10-22/h2-5,16-17,22-23H,6-13H2,1H3,(H,20,24)/t16-,17+/m1/s1. The first-order valence-corrected chi connectivity index (χ1v) is 9.03. The number of ether oxygens (including phenoxy) is 1. The molecule has 1 aromatic carbocycles. The molecular weight excluding hydrogens is 320 g/mol.